The first kappa shape index (κ1) is 19.7. The molecule has 3 N–H and O–H groups in total. The van der Waals surface area contributed by atoms with Gasteiger partial charge in [0.05, 0.1) is 18.6 Å². The number of nitrogens with one attached hydrogen (secondary N) is 1. The second-order valence-corrected chi connectivity index (χ2v) is 6.06. The van der Waals surface area contributed by atoms with E-state index in [9.17, 15) is 18.4 Å². The first-order valence-corrected chi connectivity index (χ1v) is 8.02. The second-order valence-electron chi connectivity index (χ2n) is 5.65. The fourth-order valence-electron chi connectivity index (χ4n) is 2.44. The third-order valence-corrected chi connectivity index (χ3v) is 3.92. The van der Waals surface area contributed by atoms with Gasteiger partial charge in [-0.2, -0.15) is 0 Å². The number of rotatable bonds is 7. The van der Waals surface area contributed by atoms with Crippen LogP contribution in [0.3, 0.4) is 0 Å². The molecule has 2 amide bonds. The van der Waals surface area contributed by atoms with Gasteiger partial charge in [0.25, 0.3) is 0 Å². The molecule has 0 unspecified atom stereocenters. The third kappa shape index (κ3) is 5.42. The zero-order valence-electron chi connectivity index (χ0n) is 13.9. The summed E-state index contributed by atoms with van der Waals surface area (Å²) in [6.45, 7) is 0. The number of carbonyl (C=O) groups is 2. The monoisotopic (exact) mass is 382 g/mol. The molecular weight excluding hydrogens is 366 g/mol. The van der Waals surface area contributed by atoms with Crippen molar-refractivity contribution in [2.75, 3.05) is 7.11 Å². The zero-order valence-corrected chi connectivity index (χ0v) is 14.6. The number of primary amides is 1. The van der Waals surface area contributed by atoms with Crippen LogP contribution in [0.15, 0.2) is 36.4 Å². The van der Waals surface area contributed by atoms with E-state index in [-0.39, 0.29) is 18.4 Å². The van der Waals surface area contributed by atoms with Gasteiger partial charge in [-0.3, -0.25) is 9.59 Å². The minimum Gasteiger partial charge on any atom is -0.495 e. The Morgan fingerprint density at radius 2 is 1.81 bits per heavy atom. The Kier molecular flexibility index (Phi) is 6.52. The topological polar surface area (TPSA) is 81.4 Å². The molecule has 26 heavy (non-hydrogen) atoms. The van der Waals surface area contributed by atoms with E-state index in [4.69, 9.17) is 22.1 Å². The Bertz CT molecular complexity index is 810. The largest absolute Gasteiger partial charge is 0.495 e. The minimum atomic E-state index is -0.995. The van der Waals surface area contributed by atoms with Gasteiger partial charge in [0, 0.05) is 12.5 Å². The number of amides is 2. The van der Waals surface area contributed by atoms with E-state index in [2.05, 4.69) is 5.32 Å². The molecule has 0 aliphatic carbocycles. The van der Waals surface area contributed by atoms with E-state index in [0.717, 1.165) is 12.1 Å². The number of nitrogens with two attached hydrogens (primary N) is 1. The van der Waals surface area contributed by atoms with Crippen LogP contribution < -0.4 is 15.8 Å². The predicted octanol–water partition coefficient (Wildman–Crippen LogP) is 2.38. The summed E-state index contributed by atoms with van der Waals surface area (Å²) >= 11 is 6.04. The highest BCUT2D eigenvalue weighted by Crippen LogP contribution is 2.25. The lowest BCUT2D eigenvalue weighted by Gasteiger charge is -2.16. The smallest absolute Gasteiger partial charge is 0.240 e. The molecule has 0 spiro atoms. The highest BCUT2D eigenvalue weighted by molar-refractivity contribution is 6.32. The first-order valence-electron chi connectivity index (χ1n) is 7.64. The van der Waals surface area contributed by atoms with Gasteiger partial charge in [0.15, 0.2) is 0 Å². The van der Waals surface area contributed by atoms with Gasteiger partial charge in [-0.05, 0) is 35.4 Å². The van der Waals surface area contributed by atoms with E-state index >= 15 is 0 Å². The third-order valence-electron chi connectivity index (χ3n) is 3.62. The summed E-state index contributed by atoms with van der Waals surface area (Å²) in [5.74, 6) is -2.42. The summed E-state index contributed by atoms with van der Waals surface area (Å²) in [6, 6.07) is 6.73. The maximum absolute atomic E-state index is 13.2. The average molecular weight is 383 g/mol. The second kappa shape index (κ2) is 8.62. The van der Waals surface area contributed by atoms with Crippen molar-refractivity contribution >= 4 is 23.4 Å². The summed E-state index contributed by atoms with van der Waals surface area (Å²) in [6.07, 6.45) is -0.176. The van der Waals surface area contributed by atoms with Crippen molar-refractivity contribution in [3.05, 3.63) is 64.2 Å². The zero-order chi connectivity index (χ0) is 19.3. The fraction of sp³-hybridized carbons (Fsp3) is 0.222. The molecule has 0 heterocycles. The van der Waals surface area contributed by atoms with Crippen LogP contribution in [0.2, 0.25) is 5.02 Å². The molecule has 2 rings (SSSR count). The molecule has 0 radical (unpaired) electrons. The van der Waals surface area contributed by atoms with Crippen LogP contribution in [0, 0.1) is 11.6 Å². The Morgan fingerprint density at radius 3 is 2.35 bits per heavy atom. The Hall–Kier alpha value is -2.67. The van der Waals surface area contributed by atoms with Crippen molar-refractivity contribution in [1.82, 2.24) is 5.32 Å². The van der Waals surface area contributed by atoms with Crippen molar-refractivity contribution in [2.45, 2.75) is 18.9 Å². The average Bonchev–Trinajstić information content (AvgIpc) is 2.53. The van der Waals surface area contributed by atoms with E-state index in [1.165, 1.54) is 7.11 Å². The molecule has 0 aliphatic rings. The normalized spacial score (nSPS) is 11.7. The number of carbonyl (C=O) groups excluding carboxylic acids is 2. The standard InChI is InChI=1S/C18H17ClF2N2O3/c1-26-16-3-2-10(6-14(16)19)7-15(18(22)25)23-17(24)8-11-4-12(20)9-13(21)5-11/h2-6,9,15H,7-8H2,1H3,(H2,22,25)(H,23,24)/t15-/m0/s1. The lowest BCUT2D eigenvalue weighted by Crippen LogP contribution is -2.46. The number of methoxy groups -OCH3 is 1. The molecule has 0 fully saturated rings. The van der Waals surface area contributed by atoms with Crippen LogP contribution in [0.25, 0.3) is 0 Å². The Labute approximate surface area is 154 Å². The number of halogens is 3. The molecule has 0 saturated carbocycles. The van der Waals surface area contributed by atoms with Gasteiger partial charge in [-0.15, -0.1) is 0 Å². The van der Waals surface area contributed by atoms with Crippen LogP contribution in [-0.4, -0.2) is 25.0 Å². The van der Waals surface area contributed by atoms with Crippen LogP contribution in [0.1, 0.15) is 11.1 Å². The molecule has 0 aliphatic heterocycles. The van der Waals surface area contributed by atoms with Crippen LogP contribution in [-0.2, 0) is 22.4 Å². The number of hydrogen-bond donors (Lipinski definition) is 2. The van der Waals surface area contributed by atoms with E-state index in [1.54, 1.807) is 18.2 Å². The lowest BCUT2D eigenvalue weighted by atomic mass is 10.0. The highest BCUT2D eigenvalue weighted by Gasteiger charge is 2.19. The molecule has 8 heteroatoms. The van der Waals surface area contributed by atoms with Gasteiger partial charge >= 0.3 is 0 Å². The summed E-state index contributed by atoms with van der Waals surface area (Å²) in [7, 11) is 1.47. The van der Waals surface area contributed by atoms with Crippen molar-refractivity contribution in [3.8, 4) is 5.75 Å². The fourth-order valence-corrected chi connectivity index (χ4v) is 2.72. The van der Waals surface area contributed by atoms with Crippen molar-refractivity contribution in [2.24, 2.45) is 5.73 Å². The number of ether oxygens (including phenoxy) is 1. The van der Waals surface area contributed by atoms with Gasteiger partial charge < -0.3 is 15.8 Å². The molecule has 5 nitrogen and oxygen atoms in total. The molecule has 2 aromatic rings. The maximum Gasteiger partial charge on any atom is 0.240 e. The first-order chi connectivity index (χ1) is 12.3. The summed E-state index contributed by atoms with van der Waals surface area (Å²) in [5, 5.41) is 2.82. The Balaban J connectivity index is 2.06. The molecule has 0 saturated heterocycles. The van der Waals surface area contributed by atoms with Crippen LogP contribution in [0.4, 0.5) is 8.78 Å². The van der Waals surface area contributed by atoms with Crippen LogP contribution >= 0.6 is 11.6 Å². The van der Waals surface area contributed by atoms with Gasteiger partial charge in [0.1, 0.15) is 23.4 Å². The van der Waals surface area contributed by atoms with Gasteiger partial charge in [0.2, 0.25) is 11.8 Å². The van der Waals surface area contributed by atoms with Crippen LogP contribution in [0.5, 0.6) is 5.75 Å². The number of hydrogen-bond acceptors (Lipinski definition) is 3. The van der Waals surface area contributed by atoms with E-state index in [1.807, 2.05) is 0 Å². The lowest BCUT2D eigenvalue weighted by molar-refractivity contribution is -0.127. The molecular formula is C18H17ClF2N2O3. The quantitative estimate of drug-likeness (QED) is 0.771. The predicted molar refractivity (Wildman–Crippen MR) is 92.9 cm³/mol. The van der Waals surface area contributed by atoms with E-state index < -0.39 is 29.5 Å². The van der Waals surface area contributed by atoms with Crippen molar-refractivity contribution in [3.63, 3.8) is 0 Å². The molecule has 0 bridgehead atoms. The minimum absolute atomic E-state index is 0.113. The van der Waals surface area contributed by atoms with Gasteiger partial charge in [-0.1, -0.05) is 17.7 Å². The SMILES string of the molecule is COc1ccc(C[C@H](NC(=O)Cc2cc(F)cc(F)c2)C(N)=O)cc1Cl. The van der Waals surface area contributed by atoms with Crippen molar-refractivity contribution in [1.29, 1.82) is 0 Å². The molecule has 0 aromatic heterocycles. The molecule has 1 atom stereocenters. The summed E-state index contributed by atoms with van der Waals surface area (Å²) in [5.41, 5.74) is 6.15. The number of benzene rings is 2. The molecule has 138 valence electrons. The van der Waals surface area contributed by atoms with Crippen molar-refractivity contribution < 1.29 is 23.1 Å². The van der Waals surface area contributed by atoms with Gasteiger partial charge in [-0.25, -0.2) is 8.78 Å². The van der Waals surface area contributed by atoms with E-state index in [0.29, 0.717) is 22.4 Å². The highest BCUT2D eigenvalue weighted by atomic mass is 35.5. The molecule has 2 aromatic carbocycles. The maximum atomic E-state index is 13.2. The summed E-state index contributed by atoms with van der Waals surface area (Å²) in [4.78, 5) is 23.7. The Morgan fingerprint density at radius 1 is 1.15 bits per heavy atom. The summed E-state index contributed by atoms with van der Waals surface area (Å²) < 4.78 is 31.4.